The van der Waals surface area contributed by atoms with Gasteiger partial charge in [-0.2, -0.15) is 0 Å². The second kappa shape index (κ2) is 7.60. The molecule has 1 N–H and O–H groups in total. The third-order valence-electron chi connectivity index (χ3n) is 6.10. The summed E-state index contributed by atoms with van der Waals surface area (Å²) in [6.45, 7) is 2.72. The minimum Gasteiger partial charge on any atom is -0.493 e. The summed E-state index contributed by atoms with van der Waals surface area (Å²) in [6.07, 6.45) is 1.17. The fourth-order valence-corrected chi connectivity index (χ4v) is 5.59. The number of rotatable bonds is 2. The molecule has 31 heavy (non-hydrogen) atoms. The fraction of sp³-hybridized carbons (Fsp3) is 0.348. The van der Waals surface area contributed by atoms with Crippen LogP contribution in [-0.2, 0) is 15.1 Å². The van der Waals surface area contributed by atoms with Crippen molar-refractivity contribution in [1.29, 1.82) is 0 Å². The van der Waals surface area contributed by atoms with E-state index in [2.05, 4.69) is 12.2 Å². The number of carbonyl (C=O) groups is 3. The van der Waals surface area contributed by atoms with E-state index in [1.54, 1.807) is 28.8 Å². The van der Waals surface area contributed by atoms with Crippen molar-refractivity contribution in [1.82, 2.24) is 10.2 Å². The fourth-order valence-electron chi connectivity index (χ4n) is 4.48. The second-order valence-corrected chi connectivity index (χ2v) is 9.53. The Labute approximate surface area is 184 Å². The van der Waals surface area contributed by atoms with Crippen LogP contribution in [0.15, 0.2) is 53.4 Å². The lowest BCUT2D eigenvalue weighted by Gasteiger charge is -2.33. The Balaban J connectivity index is 1.42. The molecule has 1 spiro atoms. The molecule has 3 aliphatic rings. The highest BCUT2D eigenvalue weighted by molar-refractivity contribution is 8.00. The number of nitrogens with one attached hydrogen (secondary N) is 1. The second-order valence-electron chi connectivity index (χ2n) is 8.05. The zero-order chi connectivity index (χ0) is 21.6. The lowest BCUT2D eigenvalue weighted by Crippen LogP contribution is -2.48. The maximum Gasteiger partial charge on any atom is 0.325 e. The van der Waals surface area contributed by atoms with Crippen LogP contribution in [0.25, 0.3) is 0 Å². The number of fused-ring (bicyclic) bond motifs is 3. The number of urea groups is 1. The zero-order valence-corrected chi connectivity index (χ0v) is 18.0. The van der Waals surface area contributed by atoms with Crippen LogP contribution >= 0.6 is 11.8 Å². The molecule has 160 valence electrons. The van der Waals surface area contributed by atoms with Crippen LogP contribution in [0.5, 0.6) is 5.75 Å². The Morgan fingerprint density at radius 2 is 1.97 bits per heavy atom. The van der Waals surface area contributed by atoms with Gasteiger partial charge in [-0.25, -0.2) is 4.79 Å². The van der Waals surface area contributed by atoms with Gasteiger partial charge in [0.1, 0.15) is 12.3 Å². The molecular formula is C23H23N3O4S. The predicted molar refractivity (Wildman–Crippen MR) is 117 cm³/mol. The van der Waals surface area contributed by atoms with E-state index in [-0.39, 0.29) is 12.5 Å². The Morgan fingerprint density at radius 1 is 1.19 bits per heavy atom. The Bertz CT molecular complexity index is 1070. The van der Waals surface area contributed by atoms with E-state index in [1.807, 2.05) is 36.4 Å². The molecule has 3 heterocycles. The van der Waals surface area contributed by atoms with Gasteiger partial charge in [0.2, 0.25) is 5.91 Å². The molecule has 2 atom stereocenters. The first kappa shape index (κ1) is 19.9. The topological polar surface area (TPSA) is 79.0 Å². The van der Waals surface area contributed by atoms with Crippen molar-refractivity contribution in [3.63, 3.8) is 0 Å². The van der Waals surface area contributed by atoms with Gasteiger partial charge in [-0.15, -0.1) is 11.8 Å². The van der Waals surface area contributed by atoms with Gasteiger partial charge in [0, 0.05) is 28.7 Å². The lowest BCUT2D eigenvalue weighted by atomic mass is 9.84. The number of benzene rings is 2. The van der Waals surface area contributed by atoms with Crippen molar-refractivity contribution in [3.8, 4) is 5.75 Å². The number of anilines is 1. The number of hydrogen-bond acceptors (Lipinski definition) is 5. The van der Waals surface area contributed by atoms with Crippen LogP contribution in [0.4, 0.5) is 10.5 Å². The molecule has 1 saturated heterocycles. The zero-order valence-electron chi connectivity index (χ0n) is 17.2. The van der Waals surface area contributed by atoms with Crippen molar-refractivity contribution in [2.75, 3.05) is 24.6 Å². The molecule has 0 aliphatic carbocycles. The molecular weight excluding hydrogens is 414 g/mol. The average Bonchev–Trinajstić information content (AvgIpc) is 2.90. The first-order chi connectivity index (χ1) is 15.0. The van der Waals surface area contributed by atoms with E-state index in [0.29, 0.717) is 36.1 Å². The van der Waals surface area contributed by atoms with E-state index >= 15 is 0 Å². The third kappa shape index (κ3) is 3.26. The molecule has 2 aromatic rings. The Kier molecular flexibility index (Phi) is 4.89. The minimum absolute atomic E-state index is 0.261. The molecule has 0 bridgehead atoms. The van der Waals surface area contributed by atoms with Gasteiger partial charge in [-0.1, -0.05) is 37.3 Å². The van der Waals surface area contributed by atoms with Crippen LogP contribution in [0.2, 0.25) is 0 Å². The van der Waals surface area contributed by atoms with Crippen LogP contribution in [-0.4, -0.2) is 47.7 Å². The Morgan fingerprint density at radius 3 is 2.84 bits per heavy atom. The number of carbonyl (C=O) groups excluding carboxylic acids is 3. The summed E-state index contributed by atoms with van der Waals surface area (Å²) >= 11 is 1.74. The van der Waals surface area contributed by atoms with Crippen LogP contribution in [0.1, 0.15) is 25.3 Å². The molecule has 3 aliphatic heterocycles. The number of hydrogen-bond donors (Lipinski definition) is 1. The highest BCUT2D eigenvalue weighted by Crippen LogP contribution is 2.41. The summed E-state index contributed by atoms with van der Waals surface area (Å²) in [4.78, 5) is 43.4. The average molecular weight is 438 g/mol. The van der Waals surface area contributed by atoms with Gasteiger partial charge >= 0.3 is 6.03 Å². The SMILES string of the molecule is CC1CCN(C(=O)CN2C(=O)NC3(CCOc4ccccc43)C2=O)c2ccccc2S1. The standard InChI is InChI=1S/C23H23N3O4S/c1-15-10-12-25(17-7-3-5-9-19(17)31-15)20(27)14-26-21(28)23(24-22(26)29)11-13-30-18-8-4-2-6-16(18)23/h2-9,15H,10-14H2,1H3,(H,24,29). The number of imide groups is 1. The molecule has 2 unspecified atom stereocenters. The molecule has 5 rings (SSSR count). The molecule has 7 nitrogen and oxygen atoms in total. The predicted octanol–water partition coefficient (Wildman–Crippen LogP) is 3.13. The molecule has 4 amide bonds. The smallest absolute Gasteiger partial charge is 0.325 e. The van der Waals surface area contributed by atoms with Gasteiger partial charge in [-0.3, -0.25) is 14.5 Å². The van der Waals surface area contributed by atoms with Crippen molar-refractivity contribution in [2.24, 2.45) is 0 Å². The summed E-state index contributed by atoms with van der Waals surface area (Å²) in [6, 6.07) is 14.5. The van der Waals surface area contributed by atoms with Crippen molar-refractivity contribution < 1.29 is 19.1 Å². The molecule has 1 fully saturated rings. The third-order valence-corrected chi connectivity index (χ3v) is 7.33. The lowest BCUT2D eigenvalue weighted by molar-refractivity contribution is -0.135. The number of para-hydroxylation sites is 2. The first-order valence-electron chi connectivity index (χ1n) is 10.4. The summed E-state index contributed by atoms with van der Waals surface area (Å²) in [5.74, 6) is -0.0708. The first-order valence-corrected chi connectivity index (χ1v) is 11.3. The highest BCUT2D eigenvalue weighted by atomic mass is 32.2. The van der Waals surface area contributed by atoms with Gasteiger partial charge in [-0.05, 0) is 24.6 Å². The monoisotopic (exact) mass is 437 g/mol. The number of amides is 4. The molecule has 0 radical (unpaired) electrons. The molecule has 0 saturated carbocycles. The van der Waals surface area contributed by atoms with Crippen LogP contribution < -0.4 is 15.0 Å². The largest absolute Gasteiger partial charge is 0.493 e. The summed E-state index contributed by atoms with van der Waals surface area (Å²) < 4.78 is 5.67. The number of thioether (sulfide) groups is 1. The minimum atomic E-state index is -1.17. The van der Waals surface area contributed by atoms with Crippen LogP contribution in [0, 0.1) is 0 Å². The summed E-state index contributed by atoms with van der Waals surface area (Å²) in [5.41, 5.74) is 0.299. The van der Waals surface area contributed by atoms with E-state index in [4.69, 9.17) is 4.74 Å². The summed E-state index contributed by atoms with van der Waals surface area (Å²) in [5, 5.41) is 3.23. The quantitative estimate of drug-likeness (QED) is 0.731. The van der Waals surface area contributed by atoms with E-state index < -0.39 is 17.5 Å². The van der Waals surface area contributed by atoms with Crippen molar-refractivity contribution >= 4 is 35.3 Å². The van der Waals surface area contributed by atoms with Gasteiger partial charge in [0.25, 0.3) is 5.91 Å². The molecule has 0 aromatic heterocycles. The summed E-state index contributed by atoms with van der Waals surface area (Å²) in [7, 11) is 0. The Hall–Kier alpha value is -3.00. The van der Waals surface area contributed by atoms with Gasteiger partial charge in [0.15, 0.2) is 5.54 Å². The van der Waals surface area contributed by atoms with Crippen LogP contribution in [0.3, 0.4) is 0 Å². The molecule has 2 aromatic carbocycles. The maximum absolute atomic E-state index is 13.5. The van der Waals surface area contributed by atoms with Gasteiger partial charge < -0.3 is 15.0 Å². The van der Waals surface area contributed by atoms with E-state index in [1.165, 1.54) is 0 Å². The normalized spacial score (nSPS) is 24.9. The molecule has 8 heteroatoms. The highest BCUT2D eigenvalue weighted by Gasteiger charge is 2.55. The number of nitrogens with zero attached hydrogens (tertiary/aromatic N) is 2. The van der Waals surface area contributed by atoms with E-state index in [9.17, 15) is 14.4 Å². The maximum atomic E-state index is 13.5. The van der Waals surface area contributed by atoms with Crippen molar-refractivity contribution in [2.45, 2.75) is 35.4 Å². The number of ether oxygens (including phenoxy) is 1. The van der Waals surface area contributed by atoms with Gasteiger partial charge in [0.05, 0.1) is 12.3 Å². The van der Waals surface area contributed by atoms with Crippen molar-refractivity contribution in [3.05, 3.63) is 54.1 Å². The van der Waals surface area contributed by atoms with E-state index in [0.717, 1.165) is 21.9 Å².